The maximum atomic E-state index is 5.52. The maximum Gasteiger partial charge on any atom is 0.122 e. The maximum absolute atomic E-state index is 5.52. The first-order valence-electron chi connectivity index (χ1n) is 7.18. The molecule has 0 bridgehead atoms. The van der Waals surface area contributed by atoms with Crippen LogP contribution in [0.5, 0.6) is 0 Å². The van der Waals surface area contributed by atoms with Crippen LogP contribution in [0.25, 0.3) is 0 Å². The smallest absolute Gasteiger partial charge is 0.122 e. The molecule has 3 rings (SSSR count). The molecular formula is C15H21N3O. The molecule has 0 aromatic carbocycles. The molecule has 1 aliphatic carbocycles. The number of nitrogens with zero attached hydrogens (tertiary/aromatic N) is 2. The monoisotopic (exact) mass is 259 g/mol. The summed E-state index contributed by atoms with van der Waals surface area (Å²) >= 11 is 0. The van der Waals surface area contributed by atoms with Gasteiger partial charge in [-0.05, 0) is 25.3 Å². The third kappa shape index (κ3) is 2.59. The summed E-state index contributed by atoms with van der Waals surface area (Å²) in [7, 11) is 0. The second kappa shape index (κ2) is 5.61. The first-order chi connectivity index (χ1) is 9.38. The summed E-state index contributed by atoms with van der Waals surface area (Å²) in [6, 6.07) is 2.51. The SMILES string of the molecule is CCCn1ccnc1CNC1CCCc2occc21. The van der Waals surface area contributed by atoms with E-state index in [1.165, 1.54) is 18.4 Å². The minimum Gasteiger partial charge on any atom is -0.469 e. The summed E-state index contributed by atoms with van der Waals surface area (Å²) in [5, 5.41) is 3.62. The quantitative estimate of drug-likeness (QED) is 0.897. The van der Waals surface area contributed by atoms with Gasteiger partial charge in [-0.1, -0.05) is 6.92 Å². The molecule has 2 aromatic heterocycles. The van der Waals surface area contributed by atoms with E-state index < -0.39 is 0 Å². The van der Waals surface area contributed by atoms with E-state index in [-0.39, 0.29) is 0 Å². The highest BCUT2D eigenvalue weighted by molar-refractivity contribution is 5.24. The first-order valence-corrected chi connectivity index (χ1v) is 7.18. The van der Waals surface area contributed by atoms with Gasteiger partial charge in [0.05, 0.1) is 12.8 Å². The number of rotatable bonds is 5. The fourth-order valence-electron chi connectivity index (χ4n) is 2.86. The third-order valence-corrected chi connectivity index (χ3v) is 3.82. The number of fused-ring (bicyclic) bond motifs is 1. The van der Waals surface area contributed by atoms with Gasteiger partial charge in [0.2, 0.25) is 0 Å². The summed E-state index contributed by atoms with van der Waals surface area (Å²) in [5.74, 6) is 2.28. The highest BCUT2D eigenvalue weighted by Crippen LogP contribution is 2.30. The van der Waals surface area contributed by atoms with Gasteiger partial charge in [0.15, 0.2) is 0 Å². The predicted molar refractivity (Wildman–Crippen MR) is 73.7 cm³/mol. The van der Waals surface area contributed by atoms with E-state index in [2.05, 4.69) is 34.1 Å². The molecule has 0 radical (unpaired) electrons. The molecule has 1 atom stereocenters. The molecular weight excluding hydrogens is 238 g/mol. The normalized spacial score (nSPS) is 18.5. The lowest BCUT2D eigenvalue weighted by atomic mass is 9.93. The Bertz CT molecular complexity index is 529. The minimum absolute atomic E-state index is 0.411. The molecule has 4 heteroatoms. The average Bonchev–Trinajstić information content (AvgIpc) is 3.05. The molecule has 2 aromatic rings. The van der Waals surface area contributed by atoms with Crippen molar-refractivity contribution in [1.82, 2.24) is 14.9 Å². The second-order valence-corrected chi connectivity index (χ2v) is 5.16. The van der Waals surface area contributed by atoms with Crippen molar-refractivity contribution in [2.45, 2.75) is 51.7 Å². The first kappa shape index (κ1) is 12.5. The lowest BCUT2D eigenvalue weighted by molar-refractivity contribution is 0.405. The Morgan fingerprint density at radius 3 is 3.37 bits per heavy atom. The highest BCUT2D eigenvalue weighted by atomic mass is 16.3. The zero-order valence-electron chi connectivity index (χ0n) is 11.4. The Labute approximate surface area is 113 Å². The van der Waals surface area contributed by atoms with E-state index in [1.54, 1.807) is 0 Å². The van der Waals surface area contributed by atoms with Gasteiger partial charge < -0.3 is 14.3 Å². The fraction of sp³-hybridized carbons (Fsp3) is 0.533. The molecule has 0 fully saturated rings. The van der Waals surface area contributed by atoms with Crippen LogP contribution in [0.1, 0.15) is 49.4 Å². The minimum atomic E-state index is 0.411. The van der Waals surface area contributed by atoms with Gasteiger partial charge in [0, 0.05) is 37.0 Å². The van der Waals surface area contributed by atoms with Crippen molar-refractivity contribution in [2.24, 2.45) is 0 Å². The van der Waals surface area contributed by atoms with Crippen molar-refractivity contribution in [3.8, 4) is 0 Å². The van der Waals surface area contributed by atoms with Crippen LogP contribution in [-0.2, 0) is 19.5 Å². The van der Waals surface area contributed by atoms with Crippen LogP contribution in [0.3, 0.4) is 0 Å². The Balaban J connectivity index is 1.66. The van der Waals surface area contributed by atoms with Crippen LogP contribution < -0.4 is 5.32 Å². The number of imidazole rings is 1. The van der Waals surface area contributed by atoms with Crippen LogP contribution in [0.2, 0.25) is 0 Å². The number of aryl methyl sites for hydroxylation is 2. The molecule has 19 heavy (non-hydrogen) atoms. The molecule has 2 heterocycles. The van der Waals surface area contributed by atoms with Crippen LogP contribution in [0, 0.1) is 0 Å². The third-order valence-electron chi connectivity index (χ3n) is 3.82. The number of hydrogen-bond donors (Lipinski definition) is 1. The van der Waals surface area contributed by atoms with E-state index in [9.17, 15) is 0 Å². The van der Waals surface area contributed by atoms with Crippen molar-refractivity contribution >= 4 is 0 Å². The van der Waals surface area contributed by atoms with Crippen molar-refractivity contribution in [3.05, 3.63) is 41.9 Å². The number of hydrogen-bond acceptors (Lipinski definition) is 3. The largest absolute Gasteiger partial charge is 0.469 e. The highest BCUT2D eigenvalue weighted by Gasteiger charge is 2.22. The molecule has 0 spiro atoms. The van der Waals surface area contributed by atoms with Crippen LogP contribution in [0.4, 0.5) is 0 Å². The molecule has 1 unspecified atom stereocenters. The van der Waals surface area contributed by atoms with E-state index in [0.29, 0.717) is 6.04 Å². The van der Waals surface area contributed by atoms with Gasteiger partial charge in [-0.2, -0.15) is 0 Å². The number of furan rings is 1. The Morgan fingerprint density at radius 2 is 2.47 bits per heavy atom. The standard InChI is InChI=1S/C15H21N3O/c1-2-8-18-9-7-16-15(18)11-17-13-4-3-5-14-12(13)6-10-19-14/h6-7,9-10,13,17H,2-5,8,11H2,1H3. The predicted octanol–water partition coefficient (Wildman–Crippen LogP) is 3.05. The zero-order chi connectivity index (χ0) is 13.1. The molecule has 0 aliphatic heterocycles. The molecule has 1 aliphatic rings. The number of nitrogens with one attached hydrogen (secondary N) is 1. The summed E-state index contributed by atoms with van der Waals surface area (Å²) in [5.41, 5.74) is 1.33. The Kier molecular flexibility index (Phi) is 3.69. The van der Waals surface area contributed by atoms with Gasteiger partial charge in [-0.15, -0.1) is 0 Å². The van der Waals surface area contributed by atoms with Crippen molar-refractivity contribution in [1.29, 1.82) is 0 Å². The topological polar surface area (TPSA) is 43.0 Å². The van der Waals surface area contributed by atoms with E-state index >= 15 is 0 Å². The molecule has 0 amide bonds. The van der Waals surface area contributed by atoms with E-state index in [1.807, 2.05) is 12.5 Å². The van der Waals surface area contributed by atoms with E-state index in [4.69, 9.17) is 4.42 Å². The lowest BCUT2D eigenvalue weighted by Gasteiger charge is -2.22. The summed E-state index contributed by atoms with van der Waals surface area (Å²) in [4.78, 5) is 4.44. The lowest BCUT2D eigenvalue weighted by Crippen LogP contribution is -2.25. The molecule has 1 N–H and O–H groups in total. The van der Waals surface area contributed by atoms with Gasteiger partial charge >= 0.3 is 0 Å². The van der Waals surface area contributed by atoms with Gasteiger partial charge in [-0.25, -0.2) is 4.98 Å². The number of aromatic nitrogens is 2. The Morgan fingerprint density at radius 1 is 1.53 bits per heavy atom. The second-order valence-electron chi connectivity index (χ2n) is 5.16. The zero-order valence-corrected chi connectivity index (χ0v) is 11.4. The van der Waals surface area contributed by atoms with Crippen LogP contribution in [-0.4, -0.2) is 9.55 Å². The van der Waals surface area contributed by atoms with Crippen LogP contribution in [0.15, 0.2) is 29.1 Å². The summed E-state index contributed by atoms with van der Waals surface area (Å²) in [6.45, 7) is 4.05. The average molecular weight is 259 g/mol. The fourth-order valence-corrected chi connectivity index (χ4v) is 2.86. The van der Waals surface area contributed by atoms with Crippen LogP contribution >= 0.6 is 0 Å². The van der Waals surface area contributed by atoms with Crippen molar-refractivity contribution in [2.75, 3.05) is 0 Å². The van der Waals surface area contributed by atoms with Gasteiger partial charge in [0.1, 0.15) is 11.6 Å². The molecule has 4 nitrogen and oxygen atoms in total. The summed E-state index contributed by atoms with van der Waals surface area (Å²) in [6.07, 6.45) is 10.3. The van der Waals surface area contributed by atoms with Crippen molar-refractivity contribution < 1.29 is 4.42 Å². The Hall–Kier alpha value is -1.55. The van der Waals surface area contributed by atoms with Crippen molar-refractivity contribution in [3.63, 3.8) is 0 Å². The summed E-state index contributed by atoms with van der Waals surface area (Å²) < 4.78 is 7.75. The molecule has 0 saturated heterocycles. The molecule has 0 saturated carbocycles. The van der Waals surface area contributed by atoms with E-state index in [0.717, 1.165) is 37.5 Å². The van der Waals surface area contributed by atoms with Gasteiger partial charge in [0.25, 0.3) is 0 Å². The molecule has 102 valence electrons. The van der Waals surface area contributed by atoms with Gasteiger partial charge in [-0.3, -0.25) is 0 Å².